The third-order valence-corrected chi connectivity index (χ3v) is 3.90. The quantitative estimate of drug-likeness (QED) is 0.410. The number of Topliss-reactive ketones (excluding diaryl/α,β-unsaturated/α-hetero) is 1. The number of H-pyrrole nitrogens is 1. The number of aromatic amines is 1. The summed E-state index contributed by atoms with van der Waals surface area (Å²) in [6, 6.07) is 4.77. The van der Waals surface area contributed by atoms with Gasteiger partial charge in [0.05, 0.1) is 23.2 Å². The van der Waals surface area contributed by atoms with Gasteiger partial charge in [-0.25, -0.2) is 13.9 Å². The Bertz CT molecular complexity index is 905. The van der Waals surface area contributed by atoms with Crippen LogP contribution in [0.3, 0.4) is 0 Å². The average Bonchev–Trinajstić information content (AvgIpc) is 3.16. The van der Waals surface area contributed by atoms with E-state index in [0.29, 0.717) is 9.99 Å². The highest BCUT2D eigenvalue weighted by Gasteiger charge is 2.32. The number of benzene rings is 1. The van der Waals surface area contributed by atoms with Gasteiger partial charge in [-0.3, -0.25) is 4.79 Å². The number of rotatable bonds is 5. The maximum atomic E-state index is 14.1. The Morgan fingerprint density at radius 3 is 2.92 bits per heavy atom. The fourth-order valence-corrected chi connectivity index (χ4v) is 2.80. The van der Waals surface area contributed by atoms with Gasteiger partial charge < -0.3 is 9.72 Å². The zero-order chi connectivity index (χ0) is 17.3. The van der Waals surface area contributed by atoms with Crippen molar-refractivity contribution < 1.29 is 18.7 Å². The summed E-state index contributed by atoms with van der Waals surface area (Å²) >= 11 is 3.19. The van der Waals surface area contributed by atoms with Crippen molar-refractivity contribution in [1.29, 1.82) is 0 Å². The molecule has 0 amide bonds. The number of carbonyl (C=O) groups excluding carboxylic acids is 2. The molecular formula is C16H13BrFN3O3. The lowest BCUT2D eigenvalue weighted by molar-refractivity contribution is -0.145. The second-order valence-corrected chi connectivity index (χ2v) is 5.95. The molecule has 0 aliphatic carbocycles. The lowest BCUT2D eigenvalue weighted by atomic mass is 10.1. The fraction of sp³-hybridized carbons (Fsp3) is 0.188. The van der Waals surface area contributed by atoms with Gasteiger partial charge in [-0.2, -0.15) is 5.10 Å². The van der Waals surface area contributed by atoms with Crippen LogP contribution in [0.2, 0.25) is 0 Å². The van der Waals surface area contributed by atoms with Crippen molar-refractivity contribution in [3.05, 3.63) is 52.6 Å². The first-order valence-electron chi connectivity index (χ1n) is 7.19. The number of nitrogens with zero attached hydrogens (tertiary/aromatic N) is 2. The average molecular weight is 394 g/mol. The van der Waals surface area contributed by atoms with Crippen LogP contribution in [0.4, 0.5) is 4.39 Å². The van der Waals surface area contributed by atoms with Crippen LogP contribution in [0.25, 0.3) is 10.9 Å². The van der Waals surface area contributed by atoms with Crippen molar-refractivity contribution in [3.63, 3.8) is 0 Å². The Balaban J connectivity index is 2.10. The zero-order valence-corrected chi connectivity index (χ0v) is 14.2. The van der Waals surface area contributed by atoms with E-state index in [1.807, 2.05) is 0 Å². The summed E-state index contributed by atoms with van der Waals surface area (Å²) in [5.74, 6) is -1.75. The first-order chi connectivity index (χ1) is 11.5. The summed E-state index contributed by atoms with van der Waals surface area (Å²) < 4.78 is 20.7. The van der Waals surface area contributed by atoms with Crippen molar-refractivity contribution >= 4 is 38.6 Å². The van der Waals surface area contributed by atoms with Crippen LogP contribution in [-0.2, 0) is 9.53 Å². The summed E-state index contributed by atoms with van der Waals surface area (Å²) in [7, 11) is 0. The third kappa shape index (κ3) is 2.96. The SMILES string of the molecule is CCOC(=O)C(C(=O)c1ccc[nH]1)n1cc2c(F)cc(Br)cc2n1. The zero-order valence-electron chi connectivity index (χ0n) is 12.6. The van der Waals surface area contributed by atoms with E-state index in [4.69, 9.17) is 4.74 Å². The molecule has 0 spiro atoms. The van der Waals surface area contributed by atoms with Crippen LogP contribution in [0, 0.1) is 5.82 Å². The Morgan fingerprint density at radius 1 is 1.46 bits per heavy atom. The molecule has 0 saturated carbocycles. The number of ketones is 1. The molecule has 124 valence electrons. The number of ether oxygens (including phenoxy) is 1. The molecule has 24 heavy (non-hydrogen) atoms. The molecule has 3 aromatic rings. The molecule has 0 radical (unpaired) electrons. The summed E-state index contributed by atoms with van der Waals surface area (Å²) in [5.41, 5.74) is 0.574. The molecule has 3 rings (SSSR count). The number of hydrogen-bond donors (Lipinski definition) is 1. The number of fused-ring (bicyclic) bond motifs is 1. The molecule has 0 aliphatic rings. The Morgan fingerprint density at radius 2 is 2.25 bits per heavy atom. The van der Waals surface area contributed by atoms with Crippen molar-refractivity contribution in [2.45, 2.75) is 13.0 Å². The Kier molecular flexibility index (Phi) is 4.48. The summed E-state index contributed by atoms with van der Waals surface area (Å²) in [5, 5.41) is 4.39. The molecule has 0 fully saturated rings. The van der Waals surface area contributed by atoms with Gasteiger partial charge in [0.2, 0.25) is 11.8 Å². The molecule has 8 heteroatoms. The summed E-state index contributed by atoms with van der Waals surface area (Å²) in [4.78, 5) is 27.7. The van der Waals surface area contributed by atoms with Crippen LogP contribution in [0.5, 0.6) is 0 Å². The maximum Gasteiger partial charge on any atom is 0.339 e. The minimum absolute atomic E-state index is 0.119. The Hall–Kier alpha value is -2.48. The van der Waals surface area contributed by atoms with Gasteiger partial charge in [0.15, 0.2) is 0 Å². The van der Waals surface area contributed by atoms with E-state index >= 15 is 0 Å². The standard InChI is InChI=1S/C16H13BrFN3O3/c1-2-24-16(23)14(15(22)12-4-3-5-19-12)21-8-10-11(18)6-9(17)7-13(10)20-21/h3-8,14,19H,2H2,1H3. The van der Waals surface area contributed by atoms with E-state index in [-0.39, 0.29) is 17.7 Å². The van der Waals surface area contributed by atoms with Gasteiger partial charge in [0, 0.05) is 16.9 Å². The highest BCUT2D eigenvalue weighted by Crippen LogP contribution is 2.25. The van der Waals surface area contributed by atoms with Crippen LogP contribution in [0.15, 0.2) is 41.1 Å². The van der Waals surface area contributed by atoms with Crippen molar-refractivity contribution in [3.8, 4) is 0 Å². The van der Waals surface area contributed by atoms with Gasteiger partial charge in [-0.15, -0.1) is 0 Å². The number of esters is 1. The van der Waals surface area contributed by atoms with Gasteiger partial charge in [-0.1, -0.05) is 15.9 Å². The van der Waals surface area contributed by atoms with Gasteiger partial charge >= 0.3 is 5.97 Å². The number of nitrogens with one attached hydrogen (secondary N) is 1. The molecule has 0 aliphatic heterocycles. The topological polar surface area (TPSA) is 77.0 Å². The first kappa shape index (κ1) is 16.4. The molecular weight excluding hydrogens is 381 g/mol. The van der Waals surface area contributed by atoms with E-state index in [2.05, 4.69) is 26.0 Å². The molecule has 0 saturated heterocycles. The van der Waals surface area contributed by atoms with Gasteiger partial charge in [-0.05, 0) is 31.2 Å². The van der Waals surface area contributed by atoms with Crippen molar-refractivity contribution in [1.82, 2.24) is 14.8 Å². The largest absolute Gasteiger partial charge is 0.464 e. The van der Waals surface area contributed by atoms with Crippen LogP contribution >= 0.6 is 15.9 Å². The lowest BCUT2D eigenvalue weighted by Crippen LogP contribution is -2.30. The first-order valence-corrected chi connectivity index (χ1v) is 7.98. The molecule has 1 atom stereocenters. The predicted octanol–water partition coefficient (Wildman–Crippen LogP) is 3.25. The van der Waals surface area contributed by atoms with Gasteiger partial charge in [0.25, 0.3) is 0 Å². The number of hydrogen-bond acceptors (Lipinski definition) is 4. The minimum atomic E-state index is -1.32. The Labute approximate surface area is 144 Å². The second kappa shape index (κ2) is 6.56. The van der Waals surface area contributed by atoms with Crippen LogP contribution in [-0.4, -0.2) is 33.1 Å². The number of aromatic nitrogens is 3. The third-order valence-electron chi connectivity index (χ3n) is 3.44. The molecule has 1 N–H and O–H groups in total. The molecule has 2 heterocycles. The molecule has 6 nitrogen and oxygen atoms in total. The van der Waals surface area contributed by atoms with E-state index in [1.54, 1.807) is 31.3 Å². The van der Waals surface area contributed by atoms with E-state index in [9.17, 15) is 14.0 Å². The molecule has 0 bridgehead atoms. The molecule has 1 unspecified atom stereocenters. The number of carbonyl (C=O) groups is 2. The van der Waals surface area contributed by atoms with E-state index in [1.165, 1.54) is 12.3 Å². The van der Waals surface area contributed by atoms with E-state index in [0.717, 1.165) is 4.68 Å². The molecule has 1 aromatic carbocycles. The minimum Gasteiger partial charge on any atom is -0.464 e. The van der Waals surface area contributed by atoms with Crippen molar-refractivity contribution in [2.75, 3.05) is 6.61 Å². The number of halogens is 2. The van der Waals surface area contributed by atoms with E-state index < -0.39 is 23.6 Å². The lowest BCUT2D eigenvalue weighted by Gasteiger charge is -2.14. The highest BCUT2D eigenvalue weighted by molar-refractivity contribution is 9.10. The fourth-order valence-electron chi connectivity index (χ4n) is 2.39. The summed E-state index contributed by atoms with van der Waals surface area (Å²) in [6.45, 7) is 1.76. The maximum absolute atomic E-state index is 14.1. The predicted molar refractivity (Wildman–Crippen MR) is 88.2 cm³/mol. The van der Waals surface area contributed by atoms with Gasteiger partial charge in [0.1, 0.15) is 5.82 Å². The monoisotopic (exact) mass is 393 g/mol. The summed E-state index contributed by atoms with van der Waals surface area (Å²) in [6.07, 6.45) is 2.91. The second-order valence-electron chi connectivity index (χ2n) is 5.03. The highest BCUT2D eigenvalue weighted by atomic mass is 79.9. The van der Waals surface area contributed by atoms with Crippen molar-refractivity contribution in [2.24, 2.45) is 0 Å². The normalized spacial score (nSPS) is 12.3. The van der Waals surface area contributed by atoms with Crippen LogP contribution < -0.4 is 0 Å². The smallest absolute Gasteiger partial charge is 0.339 e. The molecule has 2 aromatic heterocycles. The van der Waals surface area contributed by atoms with Crippen LogP contribution in [0.1, 0.15) is 23.5 Å².